The highest BCUT2D eigenvalue weighted by Gasteiger charge is 2.23. The molecule has 0 spiro atoms. The van der Waals surface area contributed by atoms with Gasteiger partial charge in [0.1, 0.15) is 0 Å². The van der Waals surface area contributed by atoms with E-state index in [1.165, 1.54) is 9.75 Å². The predicted molar refractivity (Wildman–Crippen MR) is 83.5 cm³/mol. The molecule has 0 aromatic carbocycles. The van der Waals surface area contributed by atoms with Crippen molar-refractivity contribution in [3.63, 3.8) is 0 Å². The topological polar surface area (TPSA) is 12.0 Å². The smallest absolute Gasteiger partial charge is 0.00968 e. The standard InChI is InChI=1S/C16H27NS/c1-7-13-9-10-14(18-13)11-16(6,8-2)12-17-15(3,4)5/h8-10,17H,2,7,11-12H2,1,3-6H3. The molecule has 0 radical (unpaired) electrons. The van der Waals surface area contributed by atoms with E-state index >= 15 is 0 Å². The van der Waals surface area contributed by atoms with Crippen LogP contribution in [-0.2, 0) is 12.8 Å². The lowest BCUT2D eigenvalue weighted by Gasteiger charge is -2.31. The second kappa shape index (κ2) is 6.03. The minimum Gasteiger partial charge on any atom is -0.311 e. The number of hydrogen-bond acceptors (Lipinski definition) is 2. The van der Waals surface area contributed by atoms with E-state index in [0.29, 0.717) is 0 Å². The number of aryl methyl sites for hydroxylation is 1. The van der Waals surface area contributed by atoms with Crippen molar-refractivity contribution in [3.05, 3.63) is 34.5 Å². The molecule has 18 heavy (non-hydrogen) atoms. The summed E-state index contributed by atoms with van der Waals surface area (Å²) in [6.45, 7) is 16.1. The van der Waals surface area contributed by atoms with Gasteiger partial charge in [-0.15, -0.1) is 17.9 Å². The molecule has 1 heterocycles. The third-order valence-electron chi connectivity index (χ3n) is 3.16. The first-order valence-electron chi connectivity index (χ1n) is 6.74. The maximum Gasteiger partial charge on any atom is 0.00968 e. The highest BCUT2D eigenvalue weighted by molar-refractivity contribution is 7.11. The van der Waals surface area contributed by atoms with Crippen molar-refractivity contribution in [2.24, 2.45) is 5.41 Å². The van der Waals surface area contributed by atoms with Gasteiger partial charge < -0.3 is 5.32 Å². The third kappa shape index (κ3) is 4.95. The van der Waals surface area contributed by atoms with Crippen LogP contribution in [-0.4, -0.2) is 12.1 Å². The Balaban J connectivity index is 2.67. The first-order chi connectivity index (χ1) is 8.28. The Kier molecular flexibility index (Phi) is 5.18. The summed E-state index contributed by atoms with van der Waals surface area (Å²) in [5.74, 6) is 0. The van der Waals surface area contributed by atoms with Crippen LogP contribution in [0.4, 0.5) is 0 Å². The zero-order chi connectivity index (χ0) is 13.8. The summed E-state index contributed by atoms with van der Waals surface area (Å²) in [6, 6.07) is 4.52. The summed E-state index contributed by atoms with van der Waals surface area (Å²) in [4.78, 5) is 2.94. The van der Waals surface area contributed by atoms with E-state index in [0.717, 1.165) is 19.4 Å². The second-order valence-electron chi connectivity index (χ2n) is 6.36. The lowest BCUT2D eigenvalue weighted by atomic mass is 9.85. The molecule has 1 N–H and O–H groups in total. The summed E-state index contributed by atoms with van der Waals surface area (Å²) >= 11 is 1.93. The Hall–Kier alpha value is -0.600. The minimum atomic E-state index is 0.128. The van der Waals surface area contributed by atoms with Crippen molar-refractivity contribution in [2.45, 2.75) is 53.0 Å². The van der Waals surface area contributed by atoms with Gasteiger partial charge in [-0.25, -0.2) is 0 Å². The molecule has 1 nitrogen and oxygen atoms in total. The van der Waals surface area contributed by atoms with Crippen LogP contribution in [0.1, 0.15) is 44.4 Å². The van der Waals surface area contributed by atoms with E-state index in [2.05, 4.69) is 64.7 Å². The Labute approximate surface area is 116 Å². The molecule has 0 bridgehead atoms. The Morgan fingerprint density at radius 2 is 1.83 bits per heavy atom. The summed E-state index contributed by atoms with van der Waals surface area (Å²) < 4.78 is 0. The highest BCUT2D eigenvalue weighted by Crippen LogP contribution is 2.28. The largest absolute Gasteiger partial charge is 0.311 e. The van der Waals surface area contributed by atoms with E-state index in [4.69, 9.17) is 0 Å². The second-order valence-corrected chi connectivity index (χ2v) is 7.61. The van der Waals surface area contributed by atoms with Crippen molar-refractivity contribution in [2.75, 3.05) is 6.54 Å². The predicted octanol–water partition coefficient (Wildman–Crippen LogP) is 4.43. The fourth-order valence-corrected chi connectivity index (χ4v) is 2.93. The van der Waals surface area contributed by atoms with Gasteiger partial charge in [0.15, 0.2) is 0 Å². The van der Waals surface area contributed by atoms with Crippen molar-refractivity contribution >= 4 is 11.3 Å². The molecule has 0 fully saturated rings. The molecule has 0 aliphatic rings. The van der Waals surface area contributed by atoms with Gasteiger partial charge in [-0.1, -0.05) is 19.9 Å². The molecule has 0 aliphatic heterocycles. The molecular weight excluding hydrogens is 238 g/mol. The van der Waals surface area contributed by atoms with E-state index in [1.54, 1.807) is 0 Å². The summed E-state index contributed by atoms with van der Waals surface area (Å²) in [6.07, 6.45) is 4.30. The van der Waals surface area contributed by atoms with E-state index in [1.807, 2.05) is 11.3 Å². The quantitative estimate of drug-likeness (QED) is 0.750. The van der Waals surface area contributed by atoms with Gasteiger partial charge >= 0.3 is 0 Å². The van der Waals surface area contributed by atoms with Gasteiger partial charge in [0.25, 0.3) is 0 Å². The molecule has 0 saturated heterocycles. The van der Waals surface area contributed by atoms with Gasteiger partial charge in [0, 0.05) is 27.3 Å². The zero-order valence-electron chi connectivity index (χ0n) is 12.5. The first kappa shape index (κ1) is 15.5. The zero-order valence-corrected chi connectivity index (χ0v) is 13.3. The highest BCUT2D eigenvalue weighted by atomic mass is 32.1. The number of rotatable bonds is 6. The van der Waals surface area contributed by atoms with Gasteiger partial charge in [0.2, 0.25) is 0 Å². The van der Waals surface area contributed by atoms with Gasteiger partial charge in [-0.2, -0.15) is 0 Å². The molecule has 1 aromatic heterocycles. The monoisotopic (exact) mass is 265 g/mol. The molecule has 0 aliphatic carbocycles. The maximum absolute atomic E-state index is 4.02. The normalized spacial score (nSPS) is 15.4. The Morgan fingerprint density at radius 3 is 2.28 bits per heavy atom. The summed E-state index contributed by atoms with van der Waals surface area (Å²) in [5.41, 5.74) is 0.289. The molecule has 0 saturated carbocycles. The SMILES string of the molecule is C=CC(C)(CNC(C)(C)C)Cc1ccc(CC)s1. The average Bonchev–Trinajstić information content (AvgIpc) is 2.73. The third-order valence-corrected chi connectivity index (χ3v) is 4.39. The fraction of sp³-hybridized carbons (Fsp3) is 0.625. The number of nitrogens with one attached hydrogen (secondary N) is 1. The summed E-state index contributed by atoms with van der Waals surface area (Å²) in [7, 11) is 0. The van der Waals surface area contributed by atoms with Crippen LogP contribution in [0, 0.1) is 5.41 Å². The molecule has 1 unspecified atom stereocenters. The number of thiophene rings is 1. The van der Waals surface area contributed by atoms with Crippen molar-refractivity contribution in [1.29, 1.82) is 0 Å². The maximum atomic E-state index is 4.02. The van der Waals surface area contributed by atoms with Crippen LogP contribution in [0.2, 0.25) is 0 Å². The van der Waals surface area contributed by atoms with Crippen LogP contribution >= 0.6 is 11.3 Å². The first-order valence-corrected chi connectivity index (χ1v) is 7.56. The van der Waals surface area contributed by atoms with E-state index < -0.39 is 0 Å². The molecule has 2 heteroatoms. The Bertz CT molecular complexity index is 386. The van der Waals surface area contributed by atoms with Crippen molar-refractivity contribution < 1.29 is 0 Å². The molecule has 1 rings (SSSR count). The van der Waals surface area contributed by atoms with Crippen LogP contribution in [0.5, 0.6) is 0 Å². The Morgan fingerprint density at radius 1 is 1.22 bits per heavy atom. The molecule has 102 valence electrons. The van der Waals surface area contributed by atoms with E-state index in [9.17, 15) is 0 Å². The van der Waals surface area contributed by atoms with Gasteiger partial charge in [-0.05, 0) is 45.7 Å². The van der Waals surface area contributed by atoms with Crippen molar-refractivity contribution in [1.82, 2.24) is 5.32 Å². The molecular formula is C16H27NS. The summed E-state index contributed by atoms with van der Waals surface area (Å²) in [5, 5.41) is 3.59. The lowest BCUT2D eigenvalue weighted by Crippen LogP contribution is -2.42. The number of hydrogen-bond donors (Lipinski definition) is 1. The van der Waals surface area contributed by atoms with Crippen LogP contribution in [0.3, 0.4) is 0 Å². The molecule has 1 atom stereocenters. The fourth-order valence-electron chi connectivity index (χ4n) is 1.78. The molecule has 0 amide bonds. The van der Waals surface area contributed by atoms with Gasteiger partial charge in [0.05, 0.1) is 0 Å². The lowest BCUT2D eigenvalue weighted by molar-refractivity contribution is 0.324. The van der Waals surface area contributed by atoms with E-state index in [-0.39, 0.29) is 11.0 Å². The van der Waals surface area contributed by atoms with Gasteiger partial charge in [-0.3, -0.25) is 0 Å². The van der Waals surface area contributed by atoms with Crippen molar-refractivity contribution in [3.8, 4) is 0 Å². The minimum absolute atomic E-state index is 0.128. The molecule has 1 aromatic rings. The average molecular weight is 265 g/mol. The van der Waals surface area contributed by atoms with Crippen LogP contribution in [0.15, 0.2) is 24.8 Å². The van der Waals surface area contributed by atoms with Crippen LogP contribution < -0.4 is 5.32 Å². The van der Waals surface area contributed by atoms with Crippen LogP contribution in [0.25, 0.3) is 0 Å².